The first-order chi connectivity index (χ1) is 11.0. The number of ether oxygens (including phenoxy) is 2. The Labute approximate surface area is 135 Å². The fraction of sp³-hybridized carbons (Fsp3) is 0.500. The van der Waals surface area contributed by atoms with Crippen LogP contribution in [0.25, 0.3) is 0 Å². The Bertz CT molecular complexity index is 568. The first kappa shape index (κ1) is 16.9. The van der Waals surface area contributed by atoms with Gasteiger partial charge in [0.1, 0.15) is 11.5 Å². The van der Waals surface area contributed by atoms with Crippen LogP contribution in [0.15, 0.2) is 18.2 Å². The average Bonchev–Trinajstić information content (AvgIpc) is 2.59. The Morgan fingerprint density at radius 2 is 1.96 bits per heavy atom. The maximum atomic E-state index is 12.2. The van der Waals surface area contributed by atoms with Gasteiger partial charge in [-0.3, -0.25) is 4.79 Å². The molecular formula is C16H22N2O5. The number of carboxylic acid groups (broad SMARTS) is 1. The molecule has 2 amide bonds. The van der Waals surface area contributed by atoms with Crippen LogP contribution in [0.2, 0.25) is 0 Å². The highest BCUT2D eigenvalue weighted by molar-refractivity contribution is 5.75. The number of methoxy groups -OCH3 is 2. The number of hydrogen-bond donors (Lipinski definition) is 2. The summed E-state index contributed by atoms with van der Waals surface area (Å²) in [5.41, 5.74) is 0.820. The topological polar surface area (TPSA) is 88.1 Å². The number of nitrogens with one attached hydrogen (secondary N) is 1. The number of hydrogen-bond acceptors (Lipinski definition) is 4. The minimum absolute atomic E-state index is 0.196. The van der Waals surface area contributed by atoms with Crippen molar-refractivity contribution in [2.45, 2.75) is 19.4 Å². The normalized spacial score (nSPS) is 15.1. The standard InChI is InChI=1S/C16H22N2O5/c1-22-13-3-4-14(23-2)12(9-13)10-17-16(21)18-7-5-11(6-8-18)15(19)20/h3-4,9,11H,5-8,10H2,1-2H3,(H,17,21)(H,19,20). The molecule has 23 heavy (non-hydrogen) atoms. The monoisotopic (exact) mass is 322 g/mol. The number of amides is 2. The quantitative estimate of drug-likeness (QED) is 0.861. The van der Waals surface area contributed by atoms with Crippen LogP contribution in [0.5, 0.6) is 11.5 Å². The van der Waals surface area contributed by atoms with E-state index in [1.165, 1.54) is 0 Å². The molecule has 7 heteroatoms. The van der Waals surface area contributed by atoms with E-state index >= 15 is 0 Å². The molecule has 1 aromatic carbocycles. The van der Waals surface area contributed by atoms with Gasteiger partial charge < -0.3 is 24.8 Å². The fourth-order valence-electron chi connectivity index (χ4n) is 2.63. The van der Waals surface area contributed by atoms with E-state index in [9.17, 15) is 9.59 Å². The second-order valence-electron chi connectivity index (χ2n) is 5.44. The van der Waals surface area contributed by atoms with E-state index in [2.05, 4.69) is 5.32 Å². The van der Waals surface area contributed by atoms with E-state index in [0.29, 0.717) is 44.0 Å². The molecule has 0 aromatic heterocycles. The lowest BCUT2D eigenvalue weighted by molar-refractivity contribution is -0.143. The lowest BCUT2D eigenvalue weighted by Crippen LogP contribution is -2.45. The summed E-state index contributed by atoms with van der Waals surface area (Å²) in [5.74, 6) is 0.233. The summed E-state index contributed by atoms with van der Waals surface area (Å²) in [6, 6.07) is 5.20. The van der Waals surface area contributed by atoms with Crippen LogP contribution in [0.3, 0.4) is 0 Å². The van der Waals surface area contributed by atoms with E-state index in [1.807, 2.05) is 6.07 Å². The van der Waals surface area contributed by atoms with E-state index in [-0.39, 0.29) is 11.9 Å². The number of nitrogens with zero attached hydrogens (tertiary/aromatic N) is 1. The lowest BCUT2D eigenvalue weighted by Gasteiger charge is -2.30. The molecule has 0 atom stereocenters. The molecule has 1 aliphatic rings. The second-order valence-corrected chi connectivity index (χ2v) is 5.44. The Hall–Kier alpha value is -2.44. The molecule has 1 aliphatic heterocycles. The van der Waals surface area contributed by atoms with Gasteiger partial charge in [-0.25, -0.2) is 4.79 Å². The van der Waals surface area contributed by atoms with Crippen LogP contribution >= 0.6 is 0 Å². The Morgan fingerprint density at radius 1 is 1.26 bits per heavy atom. The molecule has 2 N–H and O–H groups in total. The van der Waals surface area contributed by atoms with Crippen molar-refractivity contribution in [3.05, 3.63) is 23.8 Å². The van der Waals surface area contributed by atoms with E-state index < -0.39 is 5.97 Å². The van der Waals surface area contributed by atoms with Crippen LogP contribution in [0.1, 0.15) is 18.4 Å². The number of aliphatic carboxylic acids is 1. The van der Waals surface area contributed by atoms with Gasteiger partial charge in [0.05, 0.1) is 20.1 Å². The molecule has 1 heterocycles. The van der Waals surface area contributed by atoms with Crippen molar-refractivity contribution in [3.63, 3.8) is 0 Å². The van der Waals surface area contributed by atoms with E-state index in [0.717, 1.165) is 5.56 Å². The molecule has 0 spiro atoms. The van der Waals surface area contributed by atoms with Gasteiger partial charge in [0, 0.05) is 25.2 Å². The van der Waals surface area contributed by atoms with Crippen molar-refractivity contribution >= 4 is 12.0 Å². The molecule has 0 bridgehead atoms. The molecule has 0 aliphatic carbocycles. The number of rotatable bonds is 5. The van der Waals surface area contributed by atoms with Gasteiger partial charge in [0.2, 0.25) is 0 Å². The van der Waals surface area contributed by atoms with Gasteiger partial charge in [0.15, 0.2) is 0 Å². The summed E-state index contributed by atoms with van der Waals surface area (Å²) < 4.78 is 10.5. The third kappa shape index (κ3) is 4.28. The number of carbonyl (C=O) groups excluding carboxylic acids is 1. The molecule has 0 unspecified atom stereocenters. The zero-order chi connectivity index (χ0) is 16.8. The van der Waals surface area contributed by atoms with Crippen molar-refractivity contribution in [1.82, 2.24) is 10.2 Å². The highest BCUT2D eigenvalue weighted by Crippen LogP contribution is 2.24. The number of carboxylic acids is 1. The van der Waals surface area contributed by atoms with Crippen LogP contribution in [0.4, 0.5) is 4.79 Å². The molecule has 0 saturated carbocycles. The van der Waals surface area contributed by atoms with Gasteiger partial charge in [-0.05, 0) is 31.0 Å². The van der Waals surface area contributed by atoms with Crippen molar-refractivity contribution in [2.24, 2.45) is 5.92 Å². The molecule has 1 fully saturated rings. The zero-order valence-corrected chi connectivity index (χ0v) is 13.4. The number of likely N-dealkylation sites (tertiary alicyclic amines) is 1. The molecule has 1 aromatic rings. The van der Waals surface area contributed by atoms with E-state index in [1.54, 1.807) is 31.3 Å². The van der Waals surface area contributed by atoms with Gasteiger partial charge in [-0.15, -0.1) is 0 Å². The number of benzene rings is 1. The third-order valence-electron chi connectivity index (χ3n) is 4.05. The minimum atomic E-state index is -0.786. The summed E-state index contributed by atoms with van der Waals surface area (Å²) in [6.45, 7) is 1.23. The summed E-state index contributed by atoms with van der Waals surface area (Å²) in [7, 11) is 3.15. The minimum Gasteiger partial charge on any atom is -0.497 e. The summed E-state index contributed by atoms with van der Waals surface area (Å²) in [6.07, 6.45) is 0.983. The predicted molar refractivity (Wildman–Crippen MR) is 83.7 cm³/mol. The molecule has 126 valence electrons. The Kier molecular flexibility index (Phi) is 5.67. The second kappa shape index (κ2) is 7.71. The van der Waals surface area contributed by atoms with Gasteiger partial charge in [-0.1, -0.05) is 0 Å². The summed E-state index contributed by atoms with van der Waals surface area (Å²) in [5, 5.41) is 11.8. The summed E-state index contributed by atoms with van der Waals surface area (Å²) >= 11 is 0. The highest BCUT2D eigenvalue weighted by Gasteiger charge is 2.26. The van der Waals surface area contributed by atoms with Crippen molar-refractivity contribution in [3.8, 4) is 11.5 Å². The SMILES string of the molecule is COc1ccc(OC)c(CNC(=O)N2CCC(C(=O)O)CC2)c1. The van der Waals surface area contributed by atoms with Gasteiger partial charge in [-0.2, -0.15) is 0 Å². The average molecular weight is 322 g/mol. The molecule has 2 rings (SSSR count). The molecule has 7 nitrogen and oxygen atoms in total. The molecule has 1 saturated heterocycles. The largest absolute Gasteiger partial charge is 0.497 e. The van der Waals surface area contributed by atoms with E-state index in [4.69, 9.17) is 14.6 Å². The van der Waals surface area contributed by atoms with Gasteiger partial charge >= 0.3 is 12.0 Å². The first-order valence-corrected chi connectivity index (χ1v) is 7.51. The first-order valence-electron chi connectivity index (χ1n) is 7.51. The maximum absolute atomic E-state index is 12.2. The number of urea groups is 1. The van der Waals surface area contributed by atoms with Gasteiger partial charge in [0.25, 0.3) is 0 Å². The highest BCUT2D eigenvalue weighted by atomic mass is 16.5. The van der Waals surface area contributed by atoms with Crippen LogP contribution in [-0.4, -0.2) is 49.3 Å². The lowest BCUT2D eigenvalue weighted by atomic mass is 9.97. The third-order valence-corrected chi connectivity index (χ3v) is 4.05. The van der Waals surface area contributed by atoms with Crippen LogP contribution in [-0.2, 0) is 11.3 Å². The predicted octanol–water partition coefficient (Wildman–Crippen LogP) is 1.71. The van der Waals surface area contributed by atoms with Crippen molar-refractivity contribution in [2.75, 3.05) is 27.3 Å². The van der Waals surface area contributed by atoms with Crippen LogP contribution < -0.4 is 14.8 Å². The molecule has 0 radical (unpaired) electrons. The maximum Gasteiger partial charge on any atom is 0.317 e. The van der Waals surface area contributed by atoms with Crippen molar-refractivity contribution < 1.29 is 24.2 Å². The molecular weight excluding hydrogens is 300 g/mol. The smallest absolute Gasteiger partial charge is 0.317 e. The van der Waals surface area contributed by atoms with Crippen LogP contribution in [0, 0.1) is 5.92 Å². The number of piperidine rings is 1. The Morgan fingerprint density at radius 3 is 2.52 bits per heavy atom. The summed E-state index contributed by atoms with van der Waals surface area (Å²) in [4.78, 5) is 24.8. The van der Waals surface area contributed by atoms with Crippen molar-refractivity contribution in [1.29, 1.82) is 0 Å². The number of carbonyl (C=O) groups is 2. The Balaban J connectivity index is 1.91. The zero-order valence-electron chi connectivity index (χ0n) is 13.4. The fourth-order valence-corrected chi connectivity index (χ4v) is 2.63.